The molecule has 2 fully saturated rings. The quantitative estimate of drug-likeness (QED) is 0.362. The highest BCUT2D eigenvalue weighted by molar-refractivity contribution is 6.07. The van der Waals surface area contributed by atoms with Crippen LogP contribution in [0.2, 0.25) is 0 Å². The van der Waals surface area contributed by atoms with Crippen molar-refractivity contribution in [1.29, 1.82) is 0 Å². The van der Waals surface area contributed by atoms with Gasteiger partial charge in [0, 0.05) is 5.56 Å². The number of Topliss-reactive ketones (excluding diaryl/α,β-unsaturated/α-hetero) is 1. The summed E-state index contributed by atoms with van der Waals surface area (Å²) >= 11 is 0. The predicted molar refractivity (Wildman–Crippen MR) is 95.3 cm³/mol. The van der Waals surface area contributed by atoms with Crippen LogP contribution in [-0.2, 0) is 19.1 Å². The molecule has 140 valence electrons. The summed E-state index contributed by atoms with van der Waals surface area (Å²) < 4.78 is 16.7. The number of rotatable bonds is 6. The molecule has 2 aromatic rings. The van der Waals surface area contributed by atoms with E-state index in [4.69, 9.17) is 20.1 Å². The summed E-state index contributed by atoms with van der Waals surface area (Å²) in [6.45, 7) is 0.813. The number of para-hydroxylation sites is 1. The molecule has 1 amide bonds. The van der Waals surface area contributed by atoms with Crippen molar-refractivity contribution in [3.05, 3.63) is 65.7 Å². The van der Waals surface area contributed by atoms with Crippen LogP contribution in [0.3, 0.4) is 0 Å². The zero-order valence-electron chi connectivity index (χ0n) is 14.6. The average molecular weight is 368 g/mol. The minimum absolute atomic E-state index is 0.191. The molecule has 2 heterocycles. The number of nitrogens with two attached hydrogens (primary N) is 1. The molecule has 0 spiro atoms. The van der Waals surface area contributed by atoms with Gasteiger partial charge in [-0.1, -0.05) is 42.5 Å². The van der Waals surface area contributed by atoms with Crippen molar-refractivity contribution >= 4 is 11.7 Å². The van der Waals surface area contributed by atoms with Crippen LogP contribution in [0.1, 0.15) is 23.5 Å². The molecule has 2 aromatic carbocycles. The van der Waals surface area contributed by atoms with Gasteiger partial charge in [-0.05, 0) is 17.7 Å². The molecule has 0 aliphatic carbocycles. The van der Waals surface area contributed by atoms with E-state index < -0.39 is 24.2 Å². The van der Waals surface area contributed by atoms with Gasteiger partial charge in [-0.3, -0.25) is 14.6 Å². The summed E-state index contributed by atoms with van der Waals surface area (Å²) in [5.74, 6) is 4.89. The normalized spacial score (nSPS) is 22.6. The Morgan fingerprint density at radius 3 is 2.37 bits per heavy atom. The van der Waals surface area contributed by atoms with E-state index in [0.717, 1.165) is 16.1 Å². The maximum atomic E-state index is 12.7. The molecule has 2 N–H and O–H groups in total. The Bertz CT molecular complexity index is 835. The number of ether oxygens (including phenoxy) is 3. The van der Waals surface area contributed by atoms with Crippen LogP contribution in [0.15, 0.2) is 54.6 Å². The number of amides is 1. The first-order valence-electron chi connectivity index (χ1n) is 8.77. The van der Waals surface area contributed by atoms with E-state index >= 15 is 0 Å². The maximum absolute atomic E-state index is 12.7. The van der Waals surface area contributed by atoms with Gasteiger partial charge in [-0.25, -0.2) is 5.84 Å². The molecule has 0 saturated carbocycles. The second-order valence-corrected chi connectivity index (χ2v) is 6.44. The highest BCUT2D eigenvalue weighted by Crippen LogP contribution is 2.42. The lowest BCUT2D eigenvalue weighted by molar-refractivity contribution is -0.163. The zero-order valence-corrected chi connectivity index (χ0v) is 14.6. The Kier molecular flexibility index (Phi) is 4.89. The van der Waals surface area contributed by atoms with Crippen molar-refractivity contribution in [2.45, 2.75) is 12.3 Å². The number of hydrogen-bond acceptors (Lipinski definition) is 6. The fraction of sp³-hybridized carbons (Fsp3) is 0.300. The molecule has 2 unspecified atom stereocenters. The van der Waals surface area contributed by atoms with Crippen molar-refractivity contribution in [2.24, 2.45) is 11.8 Å². The third-order valence-electron chi connectivity index (χ3n) is 4.80. The van der Waals surface area contributed by atoms with Gasteiger partial charge in [0.25, 0.3) is 0 Å². The second kappa shape index (κ2) is 7.48. The summed E-state index contributed by atoms with van der Waals surface area (Å²) in [5, 5.41) is 1.10. The standard InChI is InChI=1S/C20H20N2O5/c21-22-18(14-8-4-5-9-15(14)20-25-10-11-26-20)17(19(22)24)16(23)12-27-13-6-2-1-3-7-13/h1-9,17-18,20H,10-12,21H2. The average Bonchev–Trinajstić information content (AvgIpc) is 3.25. The SMILES string of the molecule is NN1C(=O)C(C(=O)COc2ccccc2)C1c1ccccc1C1OCCO1. The van der Waals surface area contributed by atoms with Crippen LogP contribution < -0.4 is 10.6 Å². The van der Waals surface area contributed by atoms with Crippen LogP contribution in [0.25, 0.3) is 0 Å². The van der Waals surface area contributed by atoms with Gasteiger partial charge >= 0.3 is 0 Å². The molecule has 7 heteroatoms. The molecule has 27 heavy (non-hydrogen) atoms. The predicted octanol–water partition coefficient (Wildman–Crippen LogP) is 1.75. The summed E-state index contributed by atoms with van der Waals surface area (Å²) in [7, 11) is 0. The van der Waals surface area contributed by atoms with Crippen LogP contribution >= 0.6 is 0 Å². The number of hydrazine groups is 1. The van der Waals surface area contributed by atoms with Crippen LogP contribution in [-0.4, -0.2) is 36.5 Å². The Balaban J connectivity index is 1.54. The number of carbonyl (C=O) groups excluding carboxylic acids is 2. The van der Waals surface area contributed by atoms with Crippen molar-refractivity contribution in [1.82, 2.24) is 5.01 Å². The Labute approximate surface area is 156 Å². The van der Waals surface area contributed by atoms with Crippen LogP contribution in [0.5, 0.6) is 5.75 Å². The molecule has 2 atom stereocenters. The Morgan fingerprint density at radius 2 is 1.67 bits per heavy atom. The van der Waals surface area contributed by atoms with Gasteiger partial charge in [-0.15, -0.1) is 0 Å². The zero-order chi connectivity index (χ0) is 18.8. The number of ketones is 1. The van der Waals surface area contributed by atoms with Gasteiger partial charge in [0.15, 0.2) is 12.1 Å². The van der Waals surface area contributed by atoms with E-state index in [0.29, 0.717) is 19.0 Å². The minimum atomic E-state index is -0.874. The largest absolute Gasteiger partial charge is 0.486 e. The molecular formula is C20H20N2O5. The fourth-order valence-corrected chi connectivity index (χ4v) is 3.45. The minimum Gasteiger partial charge on any atom is -0.486 e. The van der Waals surface area contributed by atoms with E-state index in [1.807, 2.05) is 42.5 Å². The van der Waals surface area contributed by atoms with E-state index in [1.54, 1.807) is 12.1 Å². The number of nitrogens with zero attached hydrogens (tertiary/aromatic N) is 1. The maximum Gasteiger partial charge on any atom is 0.250 e. The van der Waals surface area contributed by atoms with Crippen molar-refractivity contribution in [3.8, 4) is 5.75 Å². The molecule has 0 aromatic heterocycles. The third kappa shape index (κ3) is 3.32. The fourth-order valence-electron chi connectivity index (χ4n) is 3.45. The number of carbonyl (C=O) groups is 2. The second-order valence-electron chi connectivity index (χ2n) is 6.44. The summed E-state index contributed by atoms with van der Waals surface area (Å²) in [6.07, 6.45) is -0.512. The number of β-lactam (4-membered cyclic amide) rings is 1. The summed E-state index contributed by atoms with van der Waals surface area (Å²) in [4.78, 5) is 25.0. The molecule has 0 radical (unpaired) electrons. The van der Waals surface area contributed by atoms with Gasteiger partial charge in [0.05, 0.1) is 19.3 Å². The number of benzene rings is 2. The summed E-state index contributed by atoms with van der Waals surface area (Å²) in [6, 6.07) is 15.9. The molecule has 2 aliphatic rings. The lowest BCUT2D eigenvalue weighted by atomic mass is 9.79. The molecule has 2 saturated heterocycles. The van der Waals surface area contributed by atoms with Gasteiger partial charge in [-0.2, -0.15) is 0 Å². The molecule has 4 rings (SSSR count). The van der Waals surface area contributed by atoms with Gasteiger partial charge in [0.2, 0.25) is 5.91 Å². The third-order valence-corrected chi connectivity index (χ3v) is 4.80. The first-order valence-corrected chi connectivity index (χ1v) is 8.77. The van der Waals surface area contributed by atoms with Crippen molar-refractivity contribution in [3.63, 3.8) is 0 Å². The first-order chi connectivity index (χ1) is 13.2. The van der Waals surface area contributed by atoms with Crippen molar-refractivity contribution < 1.29 is 23.8 Å². The van der Waals surface area contributed by atoms with Gasteiger partial charge in [0.1, 0.15) is 18.3 Å². The van der Waals surface area contributed by atoms with Crippen molar-refractivity contribution in [2.75, 3.05) is 19.8 Å². The molecule has 7 nitrogen and oxygen atoms in total. The smallest absolute Gasteiger partial charge is 0.250 e. The first kappa shape index (κ1) is 17.7. The van der Waals surface area contributed by atoms with Gasteiger partial charge < -0.3 is 14.2 Å². The van der Waals surface area contributed by atoms with E-state index in [2.05, 4.69) is 0 Å². The monoisotopic (exact) mass is 368 g/mol. The van der Waals surface area contributed by atoms with Crippen LogP contribution in [0, 0.1) is 5.92 Å². The lowest BCUT2D eigenvalue weighted by Crippen LogP contribution is -2.62. The molecule has 0 bridgehead atoms. The Hall–Kier alpha value is -2.74. The highest BCUT2D eigenvalue weighted by atomic mass is 16.7. The Morgan fingerprint density at radius 1 is 1.04 bits per heavy atom. The van der Waals surface area contributed by atoms with E-state index in [-0.39, 0.29) is 12.4 Å². The number of hydrogen-bond donors (Lipinski definition) is 1. The van der Waals surface area contributed by atoms with E-state index in [1.165, 1.54) is 0 Å². The highest BCUT2D eigenvalue weighted by Gasteiger charge is 2.52. The summed E-state index contributed by atoms with van der Waals surface area (Å²) in [5.41, 5.74) is 1.54. The molecular weight excluding hydrogens is 348 g/mol. The lowest BCUT2D eigenvalue weighted by Gasteiger charge is -2.44. The van der Waals surface area contributed by atoms with Crippen LogP contribution in [0.4, 0.5) is 0 Å². The van der Waals surface area contributed by atoms with E-state index in [9.17, 15) is 9.59 Å². The molecule has 2 aliphatic heterocycles. The topological polar surface area (TPSA) is 91.1 Å².